The zero-order chi connectivity index (χ0) is 56.4. The number of aromatic nitrogens is 3. The number of thiazole rings is 1. The van der Waals surface area contributed by atoms with Gasteiger partial charge < -0.3 is 45.6 Å². The van der Waals surface area contributed by atoms with Gasteiger partial charge in [-0.1, -0.05) is 80.9 Å². The smallest absolute Gasteiger partial charge is 0.319 e. The van der Waals surface area contributed by atoms with Gasteiger partial charge in [-0.15, -0.1) is 11.3 Å². The third-order valence-electron chi connectivity index (χ3n) is 16.3. The van der Waals surface area contributed by atoms with E-state index in [1.54, 1.807) is 23.5 Å². The summed E-state index contributed by atoms with van der Waals surface area (Å²) in [6.07, 6.45) is 1.03. The highest BCUT2D eigenvalue weighted by molar-refractivity contribution is 7.13. The van der Waals surface area contributed by atoms with Crippen LogP contribution in [0.15, 0.2) is 72.2 Å². The van der Waals surface area contributed by atoms with Crippen LogP contribution in [0, 0.1) is 24.1 Å². The summed E-state index contributed by atoms with van der Waals surface area (Å²) in [5.41, 5.74) is 4.84. The molecule has 10 rings (SSSR count). The topological polar surface area (TPSA) is 192 Å². The average molecular weight is 1130 g/mol. The van der Waals surface area contributed by atoms with Crippen LogP contribution in [0.1, 0.15) is 71.2 Å². The number of carbonyl (C=O) groups is 3. The number of hydrogen-bond donors (Lipinski definition) is 5. The Balaban J connectivity index is 0.696. The number of aryl methyl sites for hydroxylation is 1. The zero-order valence-electron chi connectivity index (χ0n) is 46.7. The van der Waals surface area contributed by atoms with Gasteiger partial charge >= 0.3 is 6.01 Å². The number of hydrogen-bond acceptors (Lipinski definition) is 15. The van der Waals surface area contributed by atoms with Crippen molar-refractivity contribution >= 4 is 68.2 Å². The summed E-state index contributed by atoms with van der Waals surface area (Å²) in [6.45, 7) is 21.2. The number of piperazine rings is 2. The van der Waals surface area contributed by atoms with Crippen molar-refractivity contribution in [3.05, 3.63) is 94.3 Å². The van der Waals surface area contributed by atoms with Crippen LogP contribution in [0.5, 0.6) is 11.8 Å². The fourth-order valence-corrected chi connectivity index (χ4v) is 13.0. The van der Waals surface area contributed by atoms with E-state index in [0.717, 1.165) is 104 Å². The molecule has 4 aliphatic rings. The van der Waals surface area contributed by atoms with E-state index in [9.17, 15) is 24.6 Å². The van der Waals surface area contributed by atoms with Crippen molar-refractivity contribution in [3.8, 4) is 33.3 Å². The van der Waals surface area contributed by atoms with Gasteiger partial charge in [0.25, 0.3) is 0 Å². The number of amides is 3. The van der Waals surface area contributed by atoms with E-state index in [0.29, 0.717) is 42.3 Å². The van der Waals surface area contributed by atoms with E-state index in [-0.39, 0.29) is 77.2 Å². The molecule has 2 unspecified atom stereocenters. The number of carbonyl (C=O) groups excluding carboxylic acids is 3. The second-order valence-corrected chi connectivity index (χ2v) is 24.6. The lowest BCUT2D eigenvalue weighted by Crippen LogP contribution is -2.59. The summed E-state index contributed by atoms with van der Waals surface area (Å²) in [4.78, 5) is 67.6. The molecule has 17 nitrogen and oxygen atoms in total. The molecule has 0 radical (unpaired) electrons. The normalized spacial score (nSPS) is 20.3. The van der Waals surface area contributed by atoms with Gasteiger partial charge in [0.05, 0.1) is 39.8 Å². The lowest BCUT2D eigenvalue weighted by molar-refractivity contribution is -0.144. The van der Waals surface area contributed by atoms with Crippen LogP contribution in [-0.4, -0.2) is 178 Å². The highest BCUT2D eigenvalue weighted by atomic mass is 35.5. The van der Waals surface area contributed by atoms with Crippen molar-refractivity contribution in [2.45, 2.75) is 91.1 Å². The monoisotopic (exact) mass is 1130 g/mol. The van der Waals surface area contributed by atoms with E-state index in [2.05, 4.69) is 40.5 Å². The molecule has 4 fully saturated rings. The van der Waals surface area contributed by atoms with Gasteiger partial charge in [-0.05, 0) is 104 Å². The molecular weight excluding hydrogens is 1060 g/mol. The number of likely N-dealkylation sites (tertiary alicyclic amines) is 2. The number of β-amino-alcohol motifs (C(OH)–C–C–N with tert-alkyl or cyclic N) is 1. The Morgan fingerprint density at radius 2 is 1.61 bits per heavy atom. The largest absolute Gasteiger partial charge is 0.508 e. The Bertz CT molecular complexity index is 3190. The highest BCUT2D eigenvalue weighted by Crippen LogP contribution is 2.43. The molecule has 0 saturated carbocycles. The predicted octanol–water partition coefficient (Wildman–Crippen LogP) is 7.26. The Morgan fingerprint density at radius 3 is 2.31 bits per heavy atom. The first-order chi connectivity index (χ1) is 38.4. The SMILES string of the molecule is Cc1ncsc1-c1ccc([C@H](C)NC(=O)C2CC(O)CN2C(=O)[C@@H](NC(=O)CN2CCN(CC3CCN(C[C@@H](C)Oc4nc(N5CCNCC5)c5cc(Cl)c(-c6cc(O)cc7ccccc67)c(F)c5n4)CC3)CC2)C(C)(C)C)cc1. The molecule has 426 valence electrons. The van der Waals surface area contributed by atoms with Crippen molar-refractivity contribution in [1.29, 1.82) is 0 Å². The van der Waals surface area contributed by atoms with Crippen molar-refractivity contribution in [2.75, 3.05) is 96.5 Å². The zero-order valence-corrected chi connectivity index (χ0v) is 48.3. The second-order valence-electron chi connectivity index (χ2n) is 23.4. The first kappa shape index (κ1) is 57.2. The fraction of sp³-hybridized carbons (Fsp3) is 0.500. The van der Waals surface area contributed by atoms with Crippen LogP contribution in [0.25, 0.3) is 43.2 Å². The van der Waals surface area contributed by atoms with Gasteiger partial charge in [0, 0.05) is 89.4 Å². The minimum Gasteiger partial charge on any atom is -0.508 e. The molecule has 20 heteroatoms. The first-order valence-electron chi connectivity index (χ1n) is 28.2. The maximum Gasteiger partial charge on any atom is 0.319 e. The Morgan fingerprint density at radius 1 is 0.900 bits per heavy atom. The molecular formula is C60H75ClFN11O6S. The maximum atomic E-state index is 17.1. The number of aromatic hydroxyl groups is 1. The molecule has 6 heterocycles. The van der Waals surface area contributed by atoms with Crippen LogP contribution < -0.4 is 25.6 Å². The summed E-state index contributed by atoms with van der Waals surface area (Å²) in [5, 5.41) is 33.1. The molecule has 4 saturated heterocycles. The van der Waals surface area contributed by atoms with Gasteiger partial charge in [-0.25, -0.2) is 9.37 Å². The van der Waals surface area contributed by atoms with Gasteiger partial charge in [0.2, 0.25) is 17.7 Å². The minimum atomic E-state index is -0.905. The summed E-state index contributed by atoms with van der Waals surface area (Å²) < 4.78 is 23.5. The molecule has 2 aromatic heterocycles. The lowest BCUT2D eigenvalue weighted by Gasteiger charge is -2.39. The number of phenols is 1. The van der Waals surface area contributed by atoms with E-state index in [1.165, 1.54) is 11.0 Å². The van der Waals surface area contributed by atoms with Crippen LogP contribution in [-0.2, 0) is 14.4 Å². The quantitative estimate of drug-likeness (QED) is 0.0651. The molecule has 3 amide bonds. The molecule has 0 spiro atoms. The maximum absolute atomic E-state index is 17.1. The molecule has 80 heavy (non-hydrogen) atoms. The van der Waals surface area contributed by atoms with Crippen LogP contribution in [0.2, 0.25) is 5.02 Å². The number of rotatable bonds is 16. The summed E-state index contributed by atoms with van der Waals surface area (Å²) >= 11 is 8.51. The molecule has 4 aliphatic heterocycles. The molecule has 4 aromatic carbocycles. The number of aliphatic hydroxyl groups is 1. The summed E-state index contributed by atoms with van der Waals surface area (Å²) in [6, 6.07) is 18.4. The van der Waals surface area contributed by atoms with Crippen molar-refractivity contribution in [2.24, 2.45) is 11.3 Å². The number of phenolic OH excluding ortho intramolecular Hbond substituents is 1. The predicted molar refractivity (Wildman–Crippen MR) is 313 cm³/mol. The molecule has 0 bridgehead atoms. The third kappa shape index (κ3) is 13.0. The van der Waals surface area contributed by atoms with E-state index in [1.807, 2.05) is 95.6 Å². The number of ether oxygens (including phenoxy) is 1. The average Bonchev–Trinajstić information content (AvgIpc) is 4.13. The van der Waals surface area contributed by atoms with Gasteiger partial charge in [0.1, 0.15) is 35.3 Å². The third-order valence-corrected chi connectivity index (χ3v) is 17.6. The fourth-order valence-electron chi connectivity index (χ4n) is 11.9. The van der Waals surface area contributed by atoms with Gasteiger partial charge in [-0.3, -0.25) is 24.2 Å². The van der Waals surface area contributed by atoms with Gasteiger partial charge in [0.15, 0.2) is 5.82 Å². The second kappa shape index (κ2) is 24.6. The standard InChI is InChI=1S/C60H75ClFN11O6S/c1-36(79-59-67-53-47(56(68-59)72-21-17-63-18-22-72)30-48(61)51(52(53)62)46-28-43(74)27-42-9-7-8-10-45(42)46)31-69-19-15-39(16-20-69)32-70-23-25-71(26-24-70)34-50(76)66-55(60(4,5)6)58(78)73-33-44(75)29-49(73)57(77)65-37(2)40-11-13-41(14-12-40)54-38(3)64-35-80-54/h7-14,27-28,30,35-37,39,44,49,55,63,74-75H,15-26,29,31-34H2,1-6H3,(H,65,77)(H,66,76)/t36-,37+,44?,49?,55-/m1/s1. The molecule has 6 aromatic rings. The van der Waals surface area contributed by atoms with Crippen molar-refractivity contribution in [3.63, 3.8) is 0 Å². The van der Waals surface area contributed by atoms with E-state index < -0.39 is 29.4 Å². The molecule has 0 aliphatic carbocycles. The lowest BCUT2D eigenvalue weighted by atomic mass is 9.85. The number of fused-ring (bicyclic) bond motifs is 2. The van der Waals surface area contributed by atoms with Crippen LogP contribution >= 0.6 is 22.9 Å². The Kier molecular flexibility index (Phi) is 17.6. The highest BCUT2D eigenvalue weighted by Gasteiger charge is 2.45. The number of nitrogens with one attached hydrogen (secondary N) is 3. The van der Waals surface area contributed by atoms with Crippen molar-refractivity contribution in [1.82, 2.24) is 50.5 Å². The van der Waals surface area contributed by atoms with Crippen LogP contribution in [0.3, 0.4) is 0 Å². The summed E-state index contributed by atoms with van der Waals surface area (Å²) in [5.74, 6) is -0.468. The van der Waals surface area contributed by atoms with Crippen LogP contribution in [0.4, 0.5) is 10.2 Å². The van der Waals surface area contributed by atoms with Crippen molar-refractivity contribution < 1.29 is 33.7 Å². The Hall–Kier alpha value is -6.06. The summed E-state index contributed by atoms with van der Waals surface area (Å²) in [7, 11) is 0. The number of halogens is 2. The number of anilines is 1. The molecule has 5 atom stereocenters. The molecule has 5 N–H and O–H groups in total. The van der Waals surface area contributed by atoms with E-state index >= 15 is 4.39 Å². The number of nitrogens with zero attached hydrogens (tertiary/aromatic N) is 8. The van der Waals surface area contributed by atoms with Gasteiger partial charge in [-0.2, -0.15) is 9.97 Å². The Labute approximate surface area is 476 Å². The minimum absolute atomic E-state index is 0.00823. The number of piperidine rings is 1. The number of benzene rings is 4. The first-order valence-corrected chi connectivity index (χ1v) is 29.4. The number of aliphatic hydroxyl groups excluding tert-OH is 1. The van der Waals surface area contributed by atoms with E-state index in [4.69, 9.17) is 26.3 Å².